The fourth-order valence-electron chi connectivity index (χ4n) is 2.03. The number of hydrogen-bond acceptors (Lipinski definition) is 6. The van der Waals surface area contributed by atoms with E-state index in [4.69, 9.17) is 15.2 Å². The molecule has 6 heteroatoms. The Kier molecular flexibility index (Phi) is 6.05. The monoisotopic (exact) mass is 336 g/mol. The van der Waals surface area contributed by atoms with Gasteiger partial charge in [0, 0.05) is 25.0 Å². The Labute approximate surface area is 141 Å². The topological polar surface area (TPSA) is 64.8 Å². The minimum Gasteiger partial charge on any atom is -0.460 e. The minimum absolute atomic E-state index is 0.0857. The first-order valence-electron chi connectivity index (χ1n) is 7.75. The number of nitrogens with zero attached hydrogens (tertiary/aromatic N) is 1. The first-order chi connectivity index (χ1) is 10.8. The number of hydrogen-bond donors (Lipinski definition) is 1. The van der Waals surface area contributed by atoms with Gasteiger partial charge in [0.2, 0.25) is 0 Å². The maximum Gasteiger partial charge on any atom is 0.350 e. The second-order valence-corrected chi connectivity index (χ2v) is 7.54. The van der Waals surface area contributed by atoms with Crippen molar-refractivity contribution < 1.29 is 14.3 Å². The first kappa shape index (κ1) is 17.8. The molecule has 1 aliphatic rings. The van der Waals surface area contributed by atoms with E-state index < -0.39 is 0 Å². The summed E-state index contributed by atoms with van der Waals surface area (Å²) in [5.74, 6) is 5.83. The summed E-state index contributed by atoms with van der Waals surface area (Å²) in [6.45, 7) is 10.4. The zero-order valence-electron chi connectivity index (χ0n) is 14.0. The zero-order chi connectivity index (χ0) is 16.9. The predicted octanol–water partition coefficient (Wildman–Crippen LogP) is 2.22. The third-order valence-electron chi connectivity index (χ3n) is 3.25. The average Bonchev–Trinajstić information content (AvgIpc) is 2.87. The summed E-state index contributed by atoms with van der Waals surface area (Å²) in [6, 6.07) is 1.74. The van der Waals surface area contributed by atoms with Gasteiger partial charge in [-0.2, -0.15) is 0 Å². The molecule has 0 spiro atoms. The molecule has 0 unspecified atom stereocenters. The lowest BCUT2D eigenvalue weighted by Gasteiger charge is -2.26. The number of carbonyl (C=O) groups excluding carboxylic acids is 1. The van der Waals surface area contributed by atoms with Gasteiger partial charge in [0.15, 0.2) is 0 Å². The molecule has 1 aromatic rings. The van der Waals surface area contributed by atoms with E-state index in [2.05, 4.69) is 16.7 Å². The Morgan fingerprint density at radius 1 is 1.43 bits per heavy atom. The van der Waals surface area contributed by atoms with E-state index in [0.717, 1.165) is 37.7 Å². The van der Waals surface area contributed by atoms with Crippen LogP contribution in [-0.2, 0) is 9.47 Å². The average molecular weight is 336 g/mol. The molecule has 2 heterocycles. The zero-order valence-corrected chi connectivity index (χ0v) is 14.8. The Morgan fingerprint density at radius 2 is 2.13 bits per heavy atom. The summed E-state index contributed by atoms with van der Waals surface area (Å²) >= 11 is 1.29. The third kappa shape index (κ3) is 5.87. The number of anilines is 1. The molecule has 0 amide bonds. The van der Waals surface area contributed by atoms with E-state index in [0.29, 0.717) is 17.2 Å². The molecule has 1 aliphatic heterocycles. The summed E-state index contributed by atoms with van der Waals surface area (Å²) in [5, 5.41) is 0. The maximum absolute atomic E-state index is 12.1. The molecule has 0 atom stereocenters. The summed E-state index contributed by atoms with van der Waals surface area (Å²) in [4.78, 5) is 15.6. The van der Waals surface area contributed by atoms with Crippen LogP contribution >= 0.6 is 11.3 Å². The molecule has 0 aliphatic carbocycles. The molecule has 0 bridgehead atoms. The highest BCUT2D eigenvalue weighted by Crippen LogP contribution is 2.25. The van der Waals surface area contributed by atoms with Gasteiger partial charge >= 0.3 is 5.97 Å². The van der Waals surface area contributed by atoms with Crippen molar-refractivity contribution in [2.75, 3.05) is 45.2 Å². The molecule has 0 radical (unpaired) electrons. The van der Waals surface area contributed by atoms with E-state index in [1.165, 1.54) is 11.3 Å². The molecule has 23 heavy (non-hydrogen) atoms. The van der Waals surface area contributed by atoms with Crippen molar-refractivity contribution in [2.24, 2.45) is 5.41 Å². The van der Waals surface area contributed by atoms with Crippen LogP contribution in [-0.4, -0.2) is 50.3 Å². The lowest BCUT2D eigenvalue weighted by molar-refractivity contribution is 0.0198. The normalized spacial score (nSPS) is 15.8. The third-order valence-corrected chi connectivity index (χ3v) is 4.30. The van der Waals surface area contributed by atoms with Crippen LogP contribution in [0.2, 0.25) is 0 Å². The highest BCUT2D eigenvalue weighted by atomic mass is 32.1. The van der Waals surface area contributed by atoms with Gasteiger partial charge in [0.05, 0.1) is 23.8 Å². The van der Waals surface area contributed by atoms with Crippen LogP contribution in [0.4, 0.5) is 5.69 Å². The number of ether oxygens (including phenoxy) is 2. The van der Waals surface area contributed by atoms with E-state index >= 15 is 0 Å². The molecule has 2 N–H and O–H groups in total. The Morgan fingerprint density at radius 3 is 2.78 bits per heavy atom. The van der Waals surface area contributed by atoms with Crippen LogP contribution in [0.1, 0.15) is 35.3 Å². The van der Waals surface area contributed by atoms with Crippen LogP contribution in [0.3, 0.4) is 0 Å². The van der Waals surface area contributed by atoms with E-state index in [-0.39, 0.29) is 11.4 Å². The Bertz CT molecular complexity index is 602. The van der Waals surface area contributed by atoms with Crippen LogP contribution in [0, 0.1) is 17.3 Å². The van der Waals surface area contributed by atoms with Gasteiger partial charge in [0.25, 0.3) is 0 Å². The number of nitrogens with two attached hydrogens (primary N) is 1. The number of morpholine rings is 1. The number of esters is 1. The smallest absolute Gasteiger partial charge is 0.350 e. The molecule has 1 aromatic heterocycles. The van der Waals surface area contributed by atoms with Gasteiger partial charge in [-0.25, -0.2) is 4.79 Å². The number of rotatable bonds is 4. The van der Waals surface area contributed by atoms with Crippen molar-refractivity contribution in [2.45, 2.75) is 20.8 Å². The quantitative estimate of drug-likeness (QED) is 0.675. The molecular weight excluding hydrogens is 312 g/mol. The van der Waals surface area contributed by atoms with E-state index in [1.807, 2.05) is 20.8 Å². The van der Waals surface area contributed by atoms with Gasteiger partial charge in [-0.15, -0.1) is 11.3 Å². The lowest BCUT2D eigenvalue weighted by Crippen LogP contribution is -2.38. The lowest BCUT2D eigenvalue weighted by atomic mass is 9.98. The molecule has 5 nitrogen and oxygen atoms in total. The van der Waals surface area contributed by atoms with Crippen molar-refractivity contribution in [1.29, 1.82) is 0 Å². The van der Waals surface area contributed by atoms with Gasteiger partial charge in [-0.3, -0.25) is 4.90 Å². The SMILES string of the molecule is CC(C)(C)C#Cc1cc(N)c(C(=O)OCCN2CCOCC2)s1. The second kappa shape index (κ2) is 7.82. The standard InChI is InChI=1S/C17H24N2O3S/c1-17(2,3)5-4-13-12-14(18)15(23-13)16(20)22-11-8-19-6-9-21-10-7-19/h12H,6-11,18H2,1-3H3. The van der Waals surface area contributed by atoms with Crippen LogP contribution in [0.5, 0.6) is 0 Å². The van der Waals surface area contributed by atoms with Crippen molar-refractivity contribution in [3.63, 3.8) is 0 Å². The van der Waals surface area contributed by atoms with Crippen molar-refractivity contribution >= 4 is 23.0 Å². The van der Waals surface area contributed by atoms with Crippen LogP contribution in [0.25, 0.3) is 0 Å². The number of thiophene rings is 1. The summed E-state index contributed by atoms with van der Waals surface area (Å²) < 4.78 is 10.6. The maximum atomic E-state index is 12.1. The van der Waals surface area contributed by atoms with E-state index in [9.17, 15) is 4.79 Å². The number of carbonyl (C=O) groups is 1. The summed E-state index contributed by atoms with van der Waals surface area (Å²) in [7, 11) is 0. The summed E-state index contributed by atoms with van der Waals surface area (Å²) in [5.41, 5.74) is 6.26. The molecule has 0 saturated carbocycles. The Hall–Kier alpha value is -1.55. The highest BCUT2D eigenvalue weighted by molar-refractivity contribution is 7.15. The largest absolute Gasteiger partial charge is 0.460 e. The molecule has 2 rings (SSSR count). The van der Waals surface area contributed by atoms with E-state index in [1.54, 1.807) is 6.07 Å². The highest BCUT2D eigenvalue weighted by Gasteiger charge is 2.17. The van der Waals surface area contributed by atoms with Crippen molar-refractivity contribution in [1.82, 2.24) is 4.90 Å². The van der Waals surface area contributed by atoms with Crippen LogP contribution in [0.15, 0.2) is 6.07 Å². The molecule has 1 saturated heterocycles. The van der Waals surface area contributed by atoms with Crippen molar-refractivity contribution in [3.8, 4) is 11.8 Å². The number of nitrogen functional groups attached to an aromatic ring is 1. The molecule has 0 aromatic carbocycles. The van der Waals surface area contributed by atoms with Gasteiger partial charge in [-0.05, 0) is 26.8 Å². The minimum atomic E-state index is -0.371. The molecule has 126 valence electrons. The second-order valence-electron chi connectivity index (χ2n) is 6.49. The van der Waals surface area contributed by atoms with Crippen molar-refractivity contribution in [3.05, 3.63) is 15.8 Å². The molecular formula is C17H24N2O3S. The predicted molar refractivity (Wildman–Crippen MR) is 92.6 cm³/mol. The van der Waals surface area contributed by atoms with Crippen LogP contribution < -0.4 is 5.73 Å². The molecule has 1 fully saturated rings. The summed E-state index contributed by atoms with van der Waals surface area (Å²) in [6.07, 6.45) is 0. The van der Waals surface area contributed by atoms with Gasteiger partial charge < -0.3 is 15.2 Å². The van der Waals surface area contributed by atoms with Gasteiger partial charge in [0.1, 0.15) is 11.5 Å². The van der Waals surface area contributed by atoms with Gasteiger partial charge in [-0.1, -0.05) is 11.8 Å². The first-order valence-corrected chi connectivity index (χ1v) is 8.56. The fraction of sp³-hybridized carbons (Fsp3) is 0.588. The Balaban J connectivity index is 1.88. The fourth-order valence-corrected chi connectivity index (χ4v) is 2.86.